The number of thioether (sulfide) groups is 1. The molecule has 3 nitrogen and oxygen atoms in total. The zero-order valence-corrected chi connectivity index (χ0v) is 11.6. The quantitative estimate of drug-likeness (QED) is 0.532. The molecule has 0 saturated heterocycles. The first kappa shape index (κ1) is 14.3. The van der Waals surface area contributed by atoms with Crippen molar-refractivity contribution in [2.24, 2.45) is 15.9 Å². The van der Waals surface area contributed by atoms with Gasteiger partial charge in [0.2, 0.25) is 0 Å². The summed E-state index contributed by atoms with van der Waals surface area (Å²) < 4.78 is 12.7. The molecule has 0 unspecified atom stereocenters. The van der Waals surface area contributed by atoms with E-state index >= 15 is 0 Å². The van der Waals surface area contributed by atoms with Gasteiger partial charge in [0, 0.05) is 5.75 Å². The molecular formula is C15H14FN3S. The predicted octanol–water partition coefficient (Wildman–Crippen LogP) is 3.41. The normalized spacial score (nSPS) is 11.9. The minimum absolute atomic E-state index is 0.274. The van der Waals surface area contributed by atoms with E-state index in [1.165, 1.54) is 35.7 Å². The number of amidine groups is 1. The second-order valence-corrected chi connectivity index (χ2v) is 5.00. The van der Waals surface area contributed by atoms with Crippen molar-refractivity contribution in [2.75, 3.05) is 0 Å². The van der Waals surface area contributed by atoms with Crippen molar-refractivity contribution in [3.8, 4) is 0 Å². The molecule has 0 saturated carbocycles. The Morgan fingerprint density at radius 3 is 2.50 bits per heavy atom. The van der Waals surface area contributed by atoms with Gasteiger partial charge in [0.05, 0.1) is 6.21 Å². The van der Waals surface area contributed by atoms with Crippen molar-refractivity contribution in [1.82, 2.24) is 0 Å². The van der Waals surface area contributed by atoms with Gasteiger partial charge in [-0.2, -0.15) is 5.10 Å². The Morgan fingerprint density at radius 1 is 1.10 bits per heavy atom. The number of benzene rings is 2. The van der Waals surface area contributed by atoms with E-state index in [0.717, 1.165) is 11.3 Å². The molecule has 0 atom stereocenters. The lowest BCUT2D eigenvalue weighted by molar-refractivity contribution is 0.628. The van der Waals surface area contributed by atoms with Crippen LogP contribution in [0.1, 0.15) is 11.1 Å². The molecule has 20 heavy (non-hydrogen) atoms. The first-order chi connectivity index (χ1) is 9.74. The molecule has 5 heteroatoms. The maximum Gasteiger partial charge on any atom is 0.180 e. The SMILES string of the molecule is NC(=NN=Cc1ccc(F)cc1)SCc1ccccc1. The van der Waals surface area contributed by atoms with E-state index in [1.807, 2.05) is 30.3 Å². The van der Waals surface area contributed by atoms with Gasteiger partial charge in [-0.15, -0.1) is 5.10 Å². The highest BCUT2D eigenvalue weighted by atomic mass is 32.2. The molecule has 0 aliphatic heterocycles. The van der Waals surface area contributed by atoms with E-state index in [9.17, 15) is 4.39 Å². The lowest BCUT2D eigenvalue weighted by Gasteiger charge is -1.99. The third-order valence-corrected chi connectivity index (χ3v) is 3.32. The Bertz CT molecular complexity index is 594. The molecule has 0 aliphatic carbocycles. The van der Waals surface area contributed by atoms with E-state index in [-0.39, 0.29) is 5.82 Å². The van der Waals surface area contributed by atoms with Crippen molar-refractivity contribution >= 4 is 23.1 Å². The van der Waals surface area contributed by atoms with Crippen LogP contribution in [0.15, 0.2) is 64.8 Å². The van der Waals surface area contributed by atoms with Crippen molar-refractivity contribution in [3.05, 3.63) is 71.5 Å². The molecule has 2 aromatic carbocycles. The van der Waals surface area contributed by atoms with Crippen LogP contribution in [0, 0.1) is 5.82 Å². The summed E-state index contributed by atoms with van der Waals surface area (Å²) in [4.78, 5) is 0. The monoisotopic (exact) mass is 287 g/mol. The van der Waals surface area contributed by atoms with Crippen molar-refractivity contribution in [3.63, 3.8) is 0 Å². The molecule has 0 radical (unpaired) electrons. The second-order valence-electron chi connectivity index (χ2n) is 4.01. The summed E-state index contributed by atoms with van der Waals surface area (Å²) in [7, 11) is 0. The number of hydrogen-bond donors (Lipinski definition) is 1. The van der Waals surface area contributed by atoms with Gasteiger partial charge in [0.25, 0.3) is 0 Å². The molecule has 0 heterocycles. The number of hydrogen-bond acceptors (Lipinski definition) is 3. The maximum absolute atomic E-state index is 12.7. The van der Waals surface area contributed by atoms with E-state index in [2.05, 4.69) is 10.2 Å². The van der Waals surface area contributed by atoms with Crippen LogP contribution < -0.4 is 5.73 Å². The van der Waals surface area contributed by atoms with Crippen LogP contribution in [-0.4, -0.2) is 11.4 Å². The lowest BCUT2D eigenvalue weighted by atomic mass is 10.2. The molecule has 2 aromatic rings. The fraction of sp³-hybridized carbons (Fsp3) is 0.0667. The molecule has 102 valence electrons. The van der Waals surface area contributed by atoms with Gasteiger partial charge in [0.15, 0.2) is 5.17 Å². The van der Waals surface area contributed by atoms with Gasteiger partial charge in [-0.25, -0.2) is 4.39 Å². The third-order valence-electron chi connectivity index (χ3n) is 2.46. The molecular weight excluding hydrogens is 273 g/mol. The maximum atomic E-state index is 12.7. The summed E-state index contributed by atoms with van der Waals surface area (Å²) in [5, 5.41) is 8.16. The largest absolute Gasteiger partial charge is 0.377 e. The molecule has 0 amide bonds. The van der Waals surface area contributed by atoms with Crippen LogP contribution >= 0.6 is 11.8 Å². The molecule has 2 rings (SSSR count). The van der Waals surface area contributed by atoms with Crippen LogP contribution in [0.2, 0.25) is 0 Å². The zero-order valence-electron chi connectivity index (χ0n) is 10.7. The first-order valence-corrected chi connectivity index (χ1v) is 7.01. The van der Waals surface area contributed by atoms with Crippen molar-refractivity contribution in [2.45, 2.75) is 5.75 Å². The summed E-state index contributed by atoms with van der Waals surface area (Å²) >= 11 is 1.42. The number of nitrogens with zero attached hydrogens (tertiary/aromatic N) is 2. The Labute approximate surface area is 121 Å². The third kappa shape index (κ3) is 4.85. The predicted molar refractivity (Wildman–Crippen MR) is 83.4 cm³/mol. The average Bonchev–Trinajstić information content (AvgIpc) is 2.48. The molecule has 2 N–H and O–H groups in total. The lowest BCUT2D eigenvalue weighted by Crippen LogP contribution is -2.05. The standard InChI is InChI=1S/C15H14FN3S/c16-14-8-6-12(7-9-14)10-18-19-15(17)20-11-13-4-2-1-3-5-13/h1-10H,11H2,(H2,17,19). The van der Waals surface area contributed by atoms with Crippen LogP contribution in [0.25, 0.3) is 0 Å². The Morgan fingerprint density at radius 2 is 1.80 bits per heavy atom. The smallest absolute Gasteiger partial charge is 0.180 e. The molecule has 0 fully saturated rings. The Balaban J connectivity index is 1.86. The van der Waals surface area contributed by atoms with Gasteiger partial charge < -0.3 is 5.73 Å². The highest BCUT2D eigenvalue weighted by Crippen LogP contribution is 2.11. The summed E-state index contributed by atoms with van der Waals surface area (Å²) in [6.07, 6.45) is 1.54. The fourth-order valence-electron chi connectivity index (χ4n) is 1.46. The van der Waals surface area contributed by atoms with Gasteiger partial charge in [-0.1, -0.05) is 54.2 Å². The highest BCUT2D eigenvalue weighted by Gasteiger charge is 1.95. The van der Waals surface area contributed by atoms with Crippen molar-refractivity contribution in [1.29, 1.82) is 0 Å². The average molecular weight is 287 g/mol. The second kappa shape index (κ2) is 7.45. The van der Waals surface area contributed by atoms with Crippen LogP contribution in [0.4, 0.5) is 4.39 Å². The van der Waals surface area contributed by atoms with E-state index < -0.39 is 0 Å². The Kier molecular flexibility index (Phi) is 5.32. The molecule has 0 bridgehead atoms. The summed E-state index contributed by atoms with van der Waals surface area (Å²) in [5.74, 6) is 0.478. The molecule has 0 aromatic heterocycles. The molecule has 0 aliphatic rings. The zero-order chi connectivity index (χ0) is 14.2. The number of rotatable bonds is 4. The van der Waals surface area contributed by atoms with E-state index in [4.69, 9.17) is 5.73 Å². The fourth-order valence-corrected chi connectivity index (χ4v) is 2.07. The van der Waals surface area contributed by atoms with Crippen LogP contribution in [0.3, 0.4) is 0 Å². The minimum atomic E-state index is -0.274. The van der Waals surface area contributed by atoms with Crippen LogP contribution in [-0.2, 0) is 5.75 Å². The van der Waals surface area contributed by atoms with E-state index in [0.29, 0.717) is 5.17 Å². The van der Waals surface area contributed by atoms with E-state index in [1.54, 1.807) is 12.1 Å². The van der Waals surface area contributed by atoms with Crippen molar-refractivity contribution < 1.29 is 4.39 Å². The van der Waals surface area contributed by atoms with Gasteiger partial charge in [-0.05, 0) is 23.3 Å². The van der Waals surface area contributed by atoms with Crippen LogP contribution in [0.5, 0.6) is 0 Å². The minimum Gasteiger partial charge on any atom is -0.377 e. The summed E-state index contributed by atoms with van der Waals surface area (Å²) in [5.41, 5.74) is 7.70. The van der Waals surface area contributed by atoms with Gasteiger partial charge >= 0.3 is 0 Å². The molecule has 0 spiro atoms. The number of nitrogens with two attached hydrogens (primary N) is 1. The Hall–Kier alpha value is -2.14. The number of halogens is 1. The summed E-state index contributed by atoms with van der Waals surface area (Å²) in [6, 6.07) is 16.0. The topological polar surface area (TPSA) is 50.7 Å². The summed E-state index contributed by atoms with van der Waals surface area (Å²) in [6.45, 7) is 0. The van der Waals surface area contributed by atoms with Gasteiger partial charge in [0.1, 0.15) is 5.82 Å². The first-order valence-electron chi connectivity index (χ1n) is 6.03. The highest BCUT2D eigenvalue weighted by molar-refractivity contribution is 8.13. The van der Waals surface area contributed by atoms with Gasteiger partial charge in [-0.3, -0.25) is 0 Å².